The Bertz CT molecular complexity index is 702. The normalized spacial score (nSPS) is 10.7. The Labute approximate surface area is 143 Å². The molecule has 0 aliphatic rings. The molecule has 0 unspecified atom stereocenters. The van der Waals surface area contributed by atoms with Crippen LogP contribution in [0.5, 0.6) is 0 Å². The molecule has 0 saturated carbocycles. The van der Waals surface area contributed by atoms with Gasteiger partial charge < -0.3 is 4.74 Å². The maximum absolute atomic E-state index is 12.1. The van der Waals surface area contributed by atoms with Crippen LogP contribution in [0.4, 0.5) is 0 Å². The molecule has 0 bridgehead atoms. The topological polar surface area (TPSA) is 43.4 Å². The first-order chi connectivity index (χ1) is 11.7. The Balaban J connectivity index is 1.83. The summed E-state index contributed by atoms with van der Waals surface area (Å²) in [6, 6.07) is 17.8. The number of benzene rings is 2. The third kappa shape index (κ3) is 6.21. The third-order valence-electron chi connectivity index (χ3n) is 3.73. The van der Waals surface area contributed by atoms with Crippen LogP contribution in [-0.4, -0.2) is 18.9 Å². The molecule has 24 heavy (non-hydrogen) atoms. The number of hydrogen-bond donors (Lipinski definition) is 0. The standard InChI is InChI=1S/C21H22O3/c1-24-21(23)14-13-18-10-5-11-19(15-18)16-20(22)12-6-9-17-7-3-2-4-8-17/h2-5,7-8,10-11,13-15H,6,9,12,16H2,1H3/b14-13+. The van der Waals surface area contributed by atoms with Crippen molar-refractivity contribution in [3.63, 3.8) is 0 Å². The van der Waals surface area contributed by atoms with Crippen molar-refractivity contribution in [3.05, 3.63) is 77.4 Å². The van der Waals surface area contributed by atoms with Gasteiger partial charge in [0.1, 0.15) is 5.78 Å². The lowest BCUT2D eigenvalue weighted by atomic mass is 10.0. The van der Waals surface area contributed by atoms with E-state index in [2.05, 4.69) is 16.9 Å². The van der Waals surface area contributed by atoms with E-state index < -0.39 is 5.97 Å². The molecule has 0 atom stereocenters. The first-order valence-corrected chi connectivity index (χ1v) is 8.08. The van der Waals surface area contributed by atoms with Gasteiger partial charge in [-0.1, -0.05) is 54.6 Å². The van der Waals surface area contributed by atoms with E-state index in [0.717, 1.165) is 24.0 Å². The number of esters is 1. The monoisotopic (exact) mass is 322 g/mol. The number of Topliss-reactive ketones (excluding diaryl/α,β-unsaturated/α-hetero) is 1. The number of carbonyl (C=O) groups is 2. The van der Waals surface area contributed by atoms with Gasteiger partial charge in [0.2, 0.25) is 0 Å². The minimum atomic E-state index is -0.391. The molecule has 124 valence electrons. The predicted octanol–water partition coefficient (Wildman–Crippen LogP) is 4.01. The van der Waals surface area contributed by atoms with E-state index in [1.54, 1.807) is 6.08 Å². The van der Waals surface area contributed by atoms with Gasteiger partial charge in [0.15, 0.2) is 0 Å². The molecule has 0 fully saturated rings. The average Bonchev–Trinajstić information content (AvgIpc) is 2.61. The zero-order valence-corrected chi connectivity index (χ0v) is 13.9. The van der Waals surface area contributed by atoms with Gasteiger partial charge in [0.25, 0.3) is 0 Å². The summed E-state index contributed by atoms with van der Waals surface area (Å²) in [5.74, 6) is -0.155. The minimum Gasteiger partial charge on any atom is -0.466 e. The van der Waals surface area contributed by atoms with E-state index >= 15 is 0 Å². The fourth-order valence-corrected chi connectivity index (χ4v) is 2.49. The molecule has 2 aromatic carbocycles. The maximum atomic E-state index is 12.1. The summed E-state index contributed by atoms with van der Waals surface area (Å²) in [4.78, 5) is 23.3. The summed E-state index contributed by atoms with van der Waals surface area (Å²) in [7, 11) is 1.34. The average molecular weight is 322 g/mol. The number of aryl methyl sites for hydroxylation is 1. The van der Waals surface area contributed by atoms with Crippen molar-refractivity contribution in [1.29, 1.82) is 0 Å². The number of carbonyl (C=O) groups excluding carboxylic acids is 2. The first-order valence-electron chi connectivity index (χ1n) is 8.08. The Morgan fingerprint density at radius 1 is 1.00 bits per heavy atom. The smallest absolute Gasteiger partial charge is 0.330 e. The Kier molecular flexibility index (Phi) is 6.96. The van der Waals surface area contributed by atoms with Crippen molar-refractivity contribution in [2.75, 3.05) is 7.11 Å². The fourth-order valence-electron chi connectivity index (χ4n) is 2.49. The van der Waals surface area contributed by atoms with Gasteiger partial charge in [-0.15, -0.1) is 0 Å². The highest BCUT2D eigenvalue weighted by Gasteiger charge is 2.05. The molecule has 0 heterocycles. The molecular formula is C21H22O3. The predicted molar refractivity (Wildman–Crippen MR) is 95.6 cm³/mol. The quantitative estimate of drug-likeness (QED) is 0.545. The van der Waals surface area contributed by atoms with Crippen molar-refractivity contribution >= 4 is 17.8 Å². The molecule has 0 aromatic heterocycles. The van der Waals surface area contributed by atoms with Crippen molar-refractivity contribution in [2.45, 2.75) is 25.7 Å². The molecule has 0 aliphatic heterocycles. The van der Waals surface area contributed by atoms with Crippen LogP contribution < -0.4 is 0 Å². The Morgan fingerprint density at radius 3 is 2.50 bits per heavy atom. The van der Waals surface area contributed by atoms with Crippen molar-refractivity contribution in [3.8, 4) is 0 Å². The summed E-state index contributed by atoms with van der Waals surface area (Å²) in [5.41, 5.74) is 3.11. The molecule has 0 N–H and O–H groups in total. The molecule has 0 spiro atoms. The molecule has 0 amide bonds. The van der Waals surface area contributed by atoms with Crippen LogP contribution in [0.3, 0.4) is 0 Å². The van der Waals surface area contributed by atoms with Gasteiger partial charge in [0, 0.05) is 18.9 Å². The van der Waals surface area contributed by atoms with Crippen LogP contribution in [0.1, 0.15) is 29.5 Å². The number of hydrogen-bond acceptors (Lipinski definition) is 3. The van der Waals surface area contributed by atoms with E-state index in [1.165, 1.54) is 18.7 Å². The SMILES string of the molecule is COC(=O)/C=C/c1cccc(CC(=O)CCCc2ccccc2)c1. The Hall–Kier alpha value is -2.68. The van der Waals surface area contributed by atoms with Gasteiger partial charge >= 0.3 is 5.97 Å². The molecule has 0 radical (unpaired) electrons. The number of rotatable bonds is 8. The maximum Gasteiger partial charge on any atom is 0.330 e. The van der Waals surface area contributed by atoms with E-state index in [0.29, 0.717) is 12.8 Å². The summed E-state index contributed by atoms with van der Waals surface area (Å²) >= 11 is 0. The van der Waals surface area contributed by atoms with Gasteiger partial charge in [0.05, 0.1) is 7.11 Å². The van der Waals surface area contributed by atoms with Crippen LogP contribution in [-0.2, 0) is 27.2 Å². The number of ketones is 1. The molecule has 0 saturated heterocycles. The summed E-state index contributed by atoms with van der Waals surface area (Å²) in [6.45, 7) is 0. The highest BCUT2D eigenvalue weighted by Crippen LogP contribution is 2.11. The zero-order valence-electron chi connectivity index (χ0n) is 13.9. The van der Waals surface area contributed by atoms with Crippen LogP contribution in [0.15, 0.2) is 60.7 Å². The summed E-state index contributed by atoms with van der Waals surface area (Å²) in [6.07, 6.45) is 5.86. The summed E-state index contributed by atoms with van der Waals surface area (Å²) in [5, 5.41) is 0. The molecule has 0 aliphatic carbocycles. The van der Waals surface area contributed by atoms with Crippen molar-refractivity contribution < 1.29 is 14.3 Å². The second-order valence-electron chi connectivity index (χ2n) is 5.66. The van der Waals surface area contributed by atoms with E-state index in [1.807, 2.05) is 42.5 Å². The van der Waals surface area contributed by atoms with Crippen LogP contribution in [0.25, 0.3) is 6.08 Å². The number of ether oxygens (including phenoxy) is 1. The van der Waals surface area contributed by atoms with Crippen LogP contribution in [0, 0.1) is 0 Å². The van der Waals surface area contributed by atoms with E-state index in [9.17, 15) is 9.59 Å². The second kappa shape index (κ2) is 9.46. The fraction of sp³-hybridized carbons (Fsp3) is 0.238. The molecule has 3 nitrogen and oxygen atoms in total. The lowest BCUT2D eigenvalue weighted by Gasteiger charge is -2.04. The molecular weight excluding hydrogens is 300 g/mol. The highest BCUT2D eigenvalue weighted by atomic mass is 16.5. The van der Waals surface area contributed by atoms with Gasteiger partial charge in [-0.05, 0) is 35.6 Å². The summed E-state index contributed by atoms with van der Waals surface area (Å²) < 4.78 is 4.57. The molecule has 3 heteroatoms. The molecule has 2 aromatic rings. The van der Waals surface area contributed by atoms with E-state index in [-0.39, 0.29) is 5.78 Å². The second-order valence-corrected chi connectivity index (χ2v) is 5.66. The van der Waals surface area contributed by atoms with Gasteiger partial charge in [-0.3, -0.25) is 4.79 Å². The zero-order chi connectivity index (χ0) is 17.2. The molecule has 2 rings (SSSR count). The lowest BCUT2D eigenvalue weighted by Crippen LogP contribution is -2.03. The van der Waals surface area contributed by atoms with Crippen LogP contribution >= 0.6 is 0 Å². The lowest BCUT2D eigenvalue weighted by molar-refractivity contribution is -0.134. The number of methoxy groups -OCH3 is 1. The van der Waals surface area contributed by atoms with Gasteiger partial charge in [-0.2, -0.15) is 0 Å². The van der Waals surface area contributed by atoms with Crippen LogP contribution in [0.2, 0.25) is 0 Å². The van der Waals surface area contributed by atoms with Gasteiger partial charge in [-0.25, -0.2) is 4.79 Å². The first kappa shape index (κ1) is 17.7. The highest BCUT2D eigenvalue weighted by molar-refractivity contribution is 5.87. The van der Waals surface area contributed by atoms with Crippen molar-refractivity contribution in [2.24, 2.45) is 0 Å². The third-order valence-corrected chi connectivity index (χ3v) is 3.73. The Morgan fingerprint density at radius 2 is 1.75 bits per heavy atom. The van der Waals surface area contributed by atoms with Crippen molar-refractivity contribution in [1.82, 2.24) is 0 Å². The van der Waals surface area contributed by atoms with E-state index in [4.69, 9.17) is 0 Å². The largest absolute Gasteiger partial charge is 0.466 e. The minimum absolute atomic E-state index is 0.236.